The molecular weight excluding hydrogens is 407 g/mol. The number of thiol groups is 1. The SMILES string of the molecule is Cc1ccc(C(S)C(NS(=O)(=O)c2c(C)cc(C)cc2C)C(F)(F)F)c(C)c1. The average Bonchev–Trinajstić information content (AvgIpc) is 2.49. The number of benzene rings is 2. The molecule has 1 N–H and O–H groups in total. The van der Waals surface area contributed by atoms with Gasteiger partial charge in [0.2, 0.25) is 10.0 Å². The van der Waals surface area contributed by atoms with Gasteiger partial charge in [-0.15, -0.1) is 0 Å². The van der Waals surface area contributed by atoms with Crippen LogP contribution in [0.5, 0.6) is 0 Å². The summed E-state index contributed by atoms with van der Waals surface area (Å²) in [6.07, 6.45) is -4.82. The zero-order valence-corrected chi connectivity index (χ0v) is 18.1. The Labute approximate surface area is 169 Å². The molecule has 0 bridgehead atoms. The van der Waals surface area contributed by atoms with Crippen LogP contribution in [0, 0.1) is 34.6 Å². The molecule has 2 aromatic rings. The van der Waals surface area contributed by atoms with Crippen molar-refractivity contribution in [3.63, 3.8) is 0 Å². The lowest BCUT2D eigenvalue weighted by Crippen LogP contribution is -2.48. The molecule has 0 saturated carbocycles. The van der Waals surface area contributed by atoms with Crippen molar-refractivity contribution in [2.24, 2.45) is 0 Å². The first-order chi connectivity index (χ1) is 12.7. The fourth-order valence-electron chi connectivity index (χ4n) is 3.46. The molecule has 0 fully saturated rings. The van der Waals surface area contributed by atoms with Crippen molar-refractivity contribution in [1.29, 1.82) is 0 Å². The Hall–Kier alpha value is -1.51. The quantitative estimate of drug-likeness (QED) is 0.647. The van der Waals surface area contributed by atoms with Crippen molar-refractivity contribution in [1.82, 2.24) is 4.72 Å². The highest BCUT2D eigenvalue weighted by Gasteiger charge is 2.47. The summed E-state index contributed by atoms with van der Waals surface area (Å²) in [7, 11) is -4.41. The van der Waals surface area contributed by atoms with Crippen LogP contribution in [0.3, 0.4) is 0 Å². The summed E-state index contributed by atoms with van der Waals surface area (Å²) >= 11 is 4.16. The number of alkyl halides is 3. The minimum Gasteiger partial charge on any atom is -0.207 e. The number of aryl methyl sites for hydroxylation is 5. The summed E-state index contributed by atoms with van der Waals surface area (Å²) in [6.45, 7) is 8.45. The van der Waals surface area contributed by atoms with Crippen LogP contribution in [0.2, 0.25) is 0 Å². The van der Waals surface area contributed by atoms with E-state index in [-0.39, 0.29) is 4.90 Å². The standard InChI is InChI=1S/C20H24F3NO2S2/c1-11-6-7-16(13(3)8-11)17(27)19(20(21,22)23)24-28(25,26)18-14(4)9-12(2)10-15(18)5/h6-10,17,19,24,27H,1-5H3. The molecule has 154 valence electrons. The van der Waals surface area contributed by atoms with Gasteiger partial charge in [0.1, 0.15) is 6.04 Å². The highest BCUT2D eigenvalue weighted by atomic mass is 32.2. The molecule has 0 saturated heterocycles. The Morgan fingerprint density at radius 1 is 0.893 bits per heavy atom. The van der Waals surface area contributed by atoms with Gasteiger partial charge in [0.25, 0.3) is 0 Å². The van der Waals surface area contributed by atoms with Crippen LogP contribution in [0.15, 0.2) is 35.2 Å². The smallest absolute Gasteiger partial charge is 0.207 e. The number of hydrogen-bond acceptors (Lipinski definition) is 3. The third kappa shape index (κ3) is 4.90. The van der Waals surface area contributed by atoms with E-state index in [0.717, 1.165) is 11.1 Å². The molecule has 0 aliphatic heterocycles. The monoisotopic (exact) mass is 431 g/mol. The Morgan fingerprint density at radius 2 is 1.39 bits per heavy atom. The number of sulfonamides is 1. The molecule has 8 heteroatoms. The average molecular weight is 432 g/mol. The minimum absolute atomic E-state index is 0.131. The van der Waals surface area contributed by atoms with E-state index in [9.17, 15) is 21.6 Å². The first kappa shape index (κ1) is 22.8. The number of nitrogens with one attached hydrogen (secondary N) is 1. The van der Waals surface area contributed by atoms with Crippen LogP contribution in [0.4, 0.5) is 13.2 Å². The van der Waals surface area contributed by atoms with Gasteiger partial charge in [-0.05, 0) is 56.9 Å². The molecule has 0 amide bonds. The summed E-state index contributed by atoms with van der Waals surface area (Å²) in [5.41, 5.74) is 3.48. The second-order valence-electron chi connectivity index (χ2n) is 7.17. The molecule has 2 rings (SSSR count). The van der Waals surface area contributed by atoms with E-state index in [1.807, 2.05) is 11.6 Å². The van der Waals surface area contributed by atoms with Gasteiger partial charge >= 0.3 is 6.18 Å². The van der Waals surface area contributed by atoms with Crippen LogP contribution in [-0.4, -0.2) is 20.6 Å². The molecule has 2 aromatic carbocycles. The zero-order chi connectivity index (χ0) is 21.4. The molecule has 3 nitrogen and oxygen atoms in total. The van der Waals surface area contributed by atoms with E-state index in [1.165, 1.54) is 0 Å². The maximum Gasteiger partial charge on any atom is 0.406 e. The highest BCUT2D eigenvalue weighted by molar-refractivity contribution is 7.89. The normalized spacial score (nSPS) is 14.8. The fourth-order valence-corrected chi connectivity index (χ4v) is 5.79. The molecule has 28 heavy (non-hydrogen) atoms. The van der Waals surface area contributed by atoms with Crippen molar-refractivity contribution >= 4 is 22.7 Å². The summed E-state index contributed by atoms with van der Waals surface area (Å²) in [4.78, 5) is -0.131. The maximum atomic E-state index is 13.8. The van der Waals surface area contributed by atoms with E-state index in [4.69, 9.17) is 0 Å². The largest absolute Gasteiger partial charge is 0.406 e. The summed E-state index contributed by atoms with van der Waals surface area (Å²) < 4.78 is 69.0. The second kappa shape index (κ2) is 8.08. The lowest BCUT2D eigenvalue weighted by Gasteiger charge is -2.28. The van der Waals surface area contributed by atoms with Gasteiger partial charge in [0.15, 0.2) is 0 Å². The zero-order valence-electron chi connectivity index (χ0n) is 16.3. The lowest BCUT2D eigenvalue weighted by molar-refractivity contribution is -0.151. The van der Waals surface area contributed by atoms with Gasteiger partial charge in [0, 0.05) is 0 Å². The van der Waals surface area contributed by atoms with E-state index < -0.39 is 27.5 Å². The van der Waals surface area contributed by atoms with Crippen LogP contribution < -0.4 is 4.72 Å². The predicted molar refractivity (Wildman–Crippen MR) is 108 cm³/mol. The van der Waals surface area contributed by atoms with Crippen molar-refractivity contribution in [3.05, 3.63) is 63.7 Å². The topological polar surface area (TPSA) is 46.2 Å². The van der Waals surface area contributed by atoms with Gasteiger partial charge in [-0.25, -0.2) is 8.42 Å². The lowest BCUT2D eigenvalue weighted by atomic mass is 9.99. The molecule has 2 atom stereocenters. The molecule has 0 aliphatic rings. The molecule has 0 aliphatic carbocycles. The Balaban J connectivity index is 2.51. The summed E-state index contributed by atoms with van der Waals surface area (Å²) in [6, 6.07) is 5.87. The van der Waals surface area contributed by atoms with E-state index in [1.54, 1.807) is 58.0 Å². The first-order valence-electron chi connectivity index (χ1n) is 8.66. The number of hydrogen-bond donors (Lipinski definition) is 2. The Kier molecular flexibility index (Phi) is 6.57. The Bertz CT molecular complexity index is 962. The van der Waals surface area contributed by atoms with Gasteiger partial charge in [0.05, 0.1) is 10.1 Å². The van der Waals surface area contributed by atoms with Gasteiger partial charge in [-0.1, -0.05) is 41.5 Å². The van der Waals surface area contributed by atoms with E-state index >= 15 is 0 Å². The molecule has 0 heterocycles. The molecule has 0 radical (unpaired) electrons. The third-order valence-corrected chi connectivity index (χ3v) is 6.89. The van der Waals surface area contributed by atoms with Gasteiger partial charge in [-0.3, -0.25) is 0 Å². The van der Waals surface area contributed by atoms with Crippen LogP contribution >= 0.6 is 12.6 Å². The molecule has 0 spiro atoms. The van der Waals surface area contributed by atoms with Crippen LogP contribution in [0.25, 0.3) is 0 Å². The second-order valence-corrected chi connectivity index (χ2v) is 9.38. The van der Waals surface area contributed by atoms with E-state index in [2.05, 4.69) is 12.6 Å². The van der Waals surface area contributed by atoms with Gasteiger partial charge < -0.3 is 0 Å². The molecule has 2 unspecified atom stereocenters. The fraction of sp³-hybridized carbons (Fsp3) is 0.400. The van der Waals surface area contributed by atoms with Crippen molar-refractivity contribution < 1.29 is 21.6 Å². The first-order valence-corrected chi connectivity index (χ1v) is 10.7. The summed E-state index contributed by atoms with van der Waals surface area (Å²) in [5, 5.41) is -1.39. The number of rotatable bonds is 5. The summed E-state index contributed by atoms with van der Waals surface area (Å²) in [5.74, 6) is 0. The van der Waals surface area contributed by atoms with Crippen LogP contribution in [0.1, 0.15) is 38.6 Å². The highest BCUT2D eigenvalue weighted by Crippen LogP contribution is 2.37. The minimum atomic E-state index is -4.82. The van der Waals surface area contributed by atoms with Crippen LogP contribution in [-0.2, 0) is 10.0 Å². The van der Waals surface area contributed by atoms with Crippen molar-refractivity contribution in [3.8, 4) is 0 Å². The number of halogens is 3. The predicted octanol–water partition coefficient (Wildman–Crippen LogP) is 5.11. The van der Waals surface area contributed by atoms with Crippen molar-refractivity contribution in [2.45, 2.75) is 57.0 Å². The Morgan fingerprint density at radius 3 is 1.86 bits per heavy atom. The van der Waals surface area contributed by atoms with Gasteiger partial charge in [-0.2, -0.15) is 30.5 Å². The molecular formula is C20H24F3NO2S2. The van der Waals surface area contributed by atoms with Crippen molar-refractivity contribution in [2.75, 3.05) is 0 Å². The molecule has 0 aromatic heterocycles. The van der Waals surface area contributed by atoms with E-state index in [0.29, 0.717) is 22.3 Å². The maximum absolute atomic E-state index is 13.8. The third-order valence-electron chi connectivity index (χ3n) is 4.57.